The van der Waals surface area contributed by atoms with Crippen LogP contribution in [0, 0.1) is 6.92 Å². The fourth-order valence-corrected chi connectivity index (χ4v) is 2.42. The lowest BCUT2D eigenvalue weighted by molar-refractivity contribution is 0.102. The molecule has 3 rings (SSSR count). The minimum absolute atomic E-state index is 0.237. The van der Waals surface area contributed by atoms with Gasteiger partial charge in [0.15, 0.2) is 0 Å². The van der Waals surface area contributed by atoms with Crippen molar-refractivity contribution in [1.82, 2.24) is 4.98 Å². The largest absolute Gasteiger partial charge is 0.354 e. The molecule has 0 aliphatic heterocycles. The molecule has 2 aromatic carbocycles. The molecule has 1 amide bonds. The number of hydrogen-bond acceptors (Lipinski definition) is 3. The highest BCUT2D eigenvalue weighted by Crippen LogP contribution is 2.20. The molecule has 0 spiro atoms. The van der Waals surface area contributed by atoms with Crippen LogP contribution in [0.15, 0.2) is 66.9 Å². The molecule has 0 atom stereocenters. The average Bonchev–Trinajstić information content (AvgIpc) is 2.57. The van der Waals surface area contributed by atoms with E-state index in [-0.39, 0.29) is 5.91 Å². The van der Waals surface area contributed by atoms with Gasteiger partial charge in [0.2, 0.25) is 0 Å². The molecule has 120 valence electrons. The molecule has 5 heteroatoms. The molecule has 0 aliphatic rings. The van der Waals surface area contributed by atoms with E-state index < -0.39 is 0 Å². The summed E-state index contributed by atoms with van der Waals surface area (Å²) in [5.41, 5.74) is 3.79. The second kappa shape index (κ2) is 7.15. The Hall–Kier alpha value is -2.85. The topological polar surface area (TPSA) is 54.0 Å². The van der Waals surface area contributed by atoms with Gasteiger partial charge in [0.05, 0.1) is 11.9 Å². The Bertz CT molecular complexity index is 862. The Labute approximate surface area is 145 Å². The number of halogens is 1. The summed E-state index contributed by atoms with van der Waals surface area (Å²) in [6.07, 6.45) is 1.62. The van der Waals surface area contributed by atoms with E-state index in [9.17, 15) is 4.79 Å². The van der Waals surface area contributed by atoms with Crippen molar-refractivity contribution < 1.29 is 4.79 Å². The number of aromatic nitrogens is 1. The number of benzene rings is 2. The lowest BCUT2D eigenvalue weighted by atomic mass is 10.2. The van der Waals surface area contributed by atoms with Gasteiger partial charge >= 0.3 is 0 Å². The Morgan fingerprint density at radius 2 is 1.83 bits per heavy atom. The van der Waals surface area contributed by atoms with Crippen LogP contribution >= 0.6 is 11.6 Å². The molecule has 0 fully saturated rings. The van der Waals surface area contributed by atoms with Crippen molar-refractivity contribution in [1.29, 1.82) is 0 Å². The minimum atomic E-state index is -0.237. The second-order valence-electron chi connectivity index (χ2n) is 5.34. The zero-order valence-electron chi connectivity index (χ0n) is 13.1. The van der Waals surface area contributed by atoms with Gasteiger partial charge in [0, 0.05) is 16.4 Å². The van der Waals surface area contributed by atoms with Crippen LogP contribution in [0.2, 0.25) is 5.02 Å². The molecule has 1 heterocycles. The highest BCUT2D eigenvalue weighted by atomic mass is 35.5. The van der Waals surface area contributed by atoms with Crippen molar-refractivity contribution in [2.24, 2.45) is 0 Å². The van der Waals surface area contributed by atoms with Crippen molar-refractivity contribution in [2.75, 3.05) is 10.6 Å². The fourth-order valence-electron chi connectivity index (χ4n) is 2.23. The average molecular weight is 338 g/mol. The molecule has 3 aromatic rings. The molecule has 0 saturated heterocycles. The molecule has 0 saturated carbocycles. The predicted molar refractivity (Wildman–Crippen MR) is 98.1 cm³/mol. The summed E-state index contributed by atoms with van der Waals surface area (Å²) in [5, 5.41) is 6.71. The number of aryl methyl sites for hydroxylation is 1. The van der Waals surface area contributed by atoms with E-state index in [0.717, 1.165) is 22.6 Å². The van der Waals surface area contributed by atoms with Gasteiger partial charge in [-0.05, 0) is 48.9 Å². The van der Waals surface area contributed by atoms with E-state index >= 15 is 0 Å². The third-order valence-electron chi connectivity index (χ3n) is 3.50. The Morgan fingerprint density at radius 1 is 1.00 bits per heavy atom. The number of carbonyl (C=O) groups excluding carboxylic acids is 1. The first kappa shape index (κ1) is 16.0. The van der Waals surface area contributed by atoms with Crippen LogP contribution in [0.5, 0.6) is 0 Å². The van der Waals surface area contributed by atoms with Gasteiger partial charge in [-0.25, -0.2) is 4.98 Å². The molecule has 4 nitrogen and oxygen atoms in total. The molecule has 24 heavy (non-hydrogen) atoms. The summed E-state index contributed by atoms with van der Waals surface area (Å²) < 4.78 is 0. The molecule has 0 unspecified atom stereocenters. The molecule has 0 bridgehead atoms. The zero-order chi connectivity index (χ0) is 16.9. The Morgan fingerprint density at radius 3 is 2.54 bits per heavy atom. The summed E-state index contributed by atoms with van der Waals surface area (Å²) in [6.45, 7) is 1.95. The van der Waals surface area contributed by atoms with Crippen LogP contribution in [0.4, 0.5) is 17.1 Å². The maximum atomic E-state index is 12.3. The first-order valence-corrected chi connectivity index (χ1v) is 7.85. The maximum absolute atomic E-state index is 12.3. The second-order valence-corrected chi connectivity index (χ2v) is 5.77. The summed E-state index contributed by atoms with van der Waals surface area (Å²) in [5.74, 6) is -0.237. The number of hydrogen-bond donors (Lipinski definition) is 2. The zero-order valence-corrected chi connectivity index (χ0v) is 13.8. The van der Waals surface area contributed by atoms with Crippen LogP contribution in [0.1, 0.15) is 16.1 Å². The number of amides is 1. The minimum Gasteiger partial charge on any atom is -0.354 e. The predicted octanol–water partition coefficient (Wildman–Crippen LogP) is 5.04. The fraction of sp³-hybridized carbons (Fsp3) is 0.0526. The van der Waals surface area contributed by atoms with Crippen molar-refractivity contribution in [3.8, 4) is 0 Å². The van der Waals surface area contributed by atoms with Gasteiger partial charge in [-0.3, -0.25) is 4.79 Å². The highest BCUT2D eigenvalue weighted by Gasteiger charge is 2.09. The van der Waals surface area contributed by atoms with Gasteiger partial charge < -0.3 is 10.6 Å². The maximum Gasteiger partial charge on any atom is 0.274 e. The van der Waals surface area contributed by atoms with Crippen LogP contribution in [-0.2, 0) is 0 Å². The van der Waals surface area contributed by atoms with Crippen LogP contribution < -0.4 is 10.6 Å². The van der Waals surface area contributed by atoms with Crippen molar-refractivity contribution in [3.63, 3.8) is 0 Å². The van der Waals surface area contributed by atoms with Crippen molar-refractivity contribution >= 4 is 34.6 Å². The monoisotopic (exact) mass is 337 g/mol. The van der Waals surface area contributed by atoms with E-state index in [1.165, 1.54) is 0 Å². The Kier molecular flexibility index (Phi) is 4.77. The molecular weight excluding hydrogens is 322 g/mol. The van der Waals surface area contributed by atoms with Gasteiger partial charge in [0.1, 0.15) is 5.69 Å². The number of nitrogens with zero attached hydrogens (tertiary/aromatic N) is 1. The van der Waals surface area contributed by atoms with Gasteiger partial charge in [-0.1, -0.05) is 35.9 Å². The first-order chi connectivity index (χ1) is 11.6. The van der Waals surface area contributed by atoms with Gasteiger partial charge in [0.25, 0.3) is 5.91 Å². The lowest BCUT2D eigenvalue weighted by Gasteiger charge is -2.09. The number of para-hydroxylation sites is 1. The van der Waals surface area contributed by atoms with E-state index in [2.05, 4.69) is 15.6 Å². The summed E-state index contributed by atoms with van der Waals surface area (Å²) in [4.78, 5) is 16.5. The van der Waals surface area contributed by atoms with Crippen LogP contribution in [0.3, 0.4) is 0 Å². The van der Waals surface area contributed by atoms with Crippen LogP contribution in [0.25, 0.3) is 0 Å². The van der Waals surface area contributed by atoms with Crippen LogP contribution in [-0.4, -0.2) is 10.9 Å². The van der Waals surface area contributed by atoms with Gasteiger partial charge in [-0.2, -0.15) is 0 Å². The third kappa shape index (κ3) is 3.91. The number of nitrogens with one attached hydrogen (secondary N) is 2. The van der Waals surface area contributed by atoms with E-state index in [1.54, 1.807) is 18.3 Å². The standard InChI is InChI=1S/C19H16ClN3O/c1-13-5-2-3-8-17(13)23-19(24)18-10-9-16(12-21-18)22-15-7-4-6-14(20)11-15/h2-12,22H,1H3,(H,23,24). The van der Waals surface area contributed by atoms with E-state index in [4.69, 9.17) is 11.6 Å². The smallest absolute Gasteiger partial charge is 0.274 e. The normalized spacial score (nSPS) is 10.2. The number of rotatable bonds is 4. The van der Waals surface area contributed by atoms with Crippen molar-refractivity contribution in [3.05, 3.63) is 83.1 Å². The summed E-state index contributed by atoms with van der Waals surface area (Å²) in [7, 11) is 0. The van der Waals surface area contributed by atoms with Crippen molar-refractivity contribution in [2.45, 2.75) is 6.92 Å². The van der Waals surface area contributed by atoms with E-state index in [1.807, 2.05) is 55.5 Å². The highest BCUT2D eigenvalue weighted by molar-refractivity contribution is 6.30. The first-order valence-electron chi connectivity index (χ1n) is 7.47. The number of carbonyl (C=O) groups is 1. The SMILES string of the molecule is Cc1ccccc1NC(=O)c1ccc(Nc2cccc(Cl)c2)cn1. The molecule has 0 radical (unpaired) electrons. The summed E-state index contributed by atoms with van der Waals surface area (Å²) >= 11 is 5.96. The molecule has 2 N–H and O–H groups in total. The summed E-state index contributed by atoms with van der Waals surface area (Å²) in [6, 6.07) is 18.5. The van der Waals surface area contributed by atoms with E-state index in [0.29, 0.717) is 10.7 Å². The molecule has 0 aliphatic carbocycles. The lowest BCUT2D eigenvalue weighted by Crippen LogP contribution is -2.14. The third-order valence-corrected chi connectivity index (χ3v) is 3.74. The number of pyridine rings is 1. The van der Waals surface area contributed by atoms with Gasteiger partial charge in [-0.15, -0.1) is 0 Å². The molecular formula is C19H16ClN3O. The number of anilines is 3. The Balaban J connectivity index is 1.70. The quantitative estimate of drug-likeness (QED) is 0.701. The molecule has 1 aromatic heterocycles.